The van der Waals surface area contributed by atoms with Crippen LogP contribution < -0.4 is 14.2 Å². The van der Waals surface area contributed by atoms with Gasteiger partial charge in [-0.05, 0) is 68.7 Å². The monoisotopic (exact) mass is 567 g/mol. The van der Waals surface area contributed by atoms with Crippen LogP contribution in [-0.4, -0.2) is 19.9 Å². The van der Waals surface area contributed by atoms with E-state index in [1.165, 1.54) is 46.9 Å². The van der Waals surface area contributed by atoms with Crippen LogP contribution in [0.1, 0.15) is 38.1 Å². The van der Waals surface area contributed by atoms with Crippen LogP contribution in [0.4, 0.5) is 5.69 Å². The summed E-state index contributed by atoms with van der Waals surface area (Å²) in [4.78, 5) is 4.80. The minimum absolute atomic E-state index is 0.901. The molecule has 5 rings (SSSR count). The molecule has 0 bridgehead atoms. The summed E-state index contributed by atoms with van der Waals surface area (Å²) in [5.74, 6) is 0.933. The number of hydrogen-bond donors (Lipinski definition) is 0. The number of aromatic nitrogens is 1. The lowest BCUT2D eigenvalue weighted by atomic mass is 9.94. The maximum Gasteiger partial charge on any atom is 0.262 e. The first-order valence-electron chi connectivity index (χ1n) is 12.7. The van der Waals surface area contributed by atoms with E-state index in [1.54, 1.807) is 18.9 Å². The van der Waals surface area contributed by atoms with Crippen molar-refractivity contribution in [1.29, 1.82) is 0 Å². The number of methoxy groups -OCH3 is 1. The SMILES string of the molecule is CCN1/C(=C/C=C2\CCCC(/C=C/c3sc4ccccc4[n+]3CC)=C2Cl)Sc2cc(SC)c(OC)cc21. The second-order valence-corrected chi connectivity index (χ2v) is 12.2. The first kappa shape index (κ1) is 26.5. The largest absolute Gasteiger partial charge is 0.496 e. The van der Waals surface area contributed by atoms with E-state index in [1.807, 2.05) is 23.1 Å². The molecule has 0 saturated carbocycles. The Hall–Kier alpha value is -2.12. The molecular weight excluding hydrogens is 536 g/mol. The quantitative estimate of drug-likeness (QED) is 0.209. The minimum atomic E-state index is 0.901. The summed E-state index contributed by atoms with van der Waals surface area (Å²) in [6.45, 7) is 6.25. The van der Waals surface area contributed by atoms with Crippen molar-refractivity contribution in [2.24, 2.45) is 0 Å². The molecule has 0 N–H and O–H groups in total. The number of aryl methyl sites for hydroxylation is 1. The molecule has 37 heavy (non-hydrogen) atoms. The van der Waals surface area contributed by atoms with Gasteiger partial charge in [0.2, 0.25) is 5.52 Å². The van der Waals surface area contributed by atoms with Gasteiger partial charge in [-0.15, -0.1) is 11.8 Å². The average Bonchev–Trinajstić information content (AvgIpc) is 3.47. The standard InChI is InChI=1S/C30H32ClN2OS3/c1-5-32-22-12-7-8-13-25(22)36-28(32)16-14-20-10-9-11-21(30(20)31)15-17-29-33(6-2)23-18-24(34-3)27(35-4)19-26(23)37-29/h7-8,12-19H,5-6,9-11H2,1-4H3/q+1. The van der Waals surface area contributed by atoms with Gasteiger partial charge < -0.3 is 9.64 Å². The van der Waals surface area contributed by atoms with Gasteiger partial charge in [0.1, 0.15) is 17.0 Å². The normalized spacial score (nSPS) is 18.1. The fraction of sp³-hybridized carbons (Fsp3) is 0.300. The molecule has 3 nitrogen and oxygen atoms in total. The number of ether oxygens (including phenoxy) is 1. The van der Waals surface area contributed by atoms with Crippen LogP contribution in [0.15, 0.2) is 85.6 Å². The van der Waals surface area contributed by atoms with Gasteiger partial charge in [-0.25, -0.2) is 0 Å². The summed E-state index contributed by atoms with van der Waals surface area (Å²) >= 11 is 12.4. The molecular formula is C30H32ClN2OS3+. The van der Waals surface area contributed by atoms with E-state index in [0.29, 0.717) is 0 Å². The third kappa shape index (κ3) is 5.26. The lowest BCUT2D eigenvalue weighted by Crippen LogP contribution is -2.33. The summed E-state index contributed by atoms with van der Waals surface area (Å²) in [6.07, 6.45) is 14.2. The maximum absolute atomic E-state index is 6.98. The number of fused-ring (bicyclic) bond motifs is 2. The van der Waals surface area contributed by atoms with Gasteiger partial charge in [0.15, 0.2) is 0 Å². The first-order chi connectivity index (χ1) is 18.1. The van der Waals surface area contributed by atoms with Crippen LogP contribution >= 0.6 is 46.5 Å². The smallest absolute Gasteiger partial charge is 0.262 e. The number of nitrogens with zero attached hydrogens (tertiary/aromatic N) is 2. The van der Waals surface area contributed by atoms with E-state index in [4.69, 9.17) is 16.3 Å². The third-order valence-corrected chi connectivity index (χ3v) is 10.3. The Morgan fingerprint density at radius 2 is 1.97 bits per heavy atom. The first-order valence-corrected chi connectivity index (χ1v) is 15.9. The maximum atomic E-state index is 6.98. The summed E-state index contributed by atoms with van der Waals surface area (Å²) in [6, 6.07) is 13.0. The topological polar surface area (TPSA) is 16.4 Å². The Kier molecular flexibility index (Phi) is 8.40. The van der Waals surface area contributed by atoms with Gasteiger partial charge in [0.05, 0.1) is 22.7 Å². The second kappa shape index (κ2) is 11.7. The van der Waals surface area contributed by atoms with E-state index in [9.17, 15) is 0 Å². The zero-order valence-corrected chi connectivity index (χ0v) is 24.9. The zero-order chi connectivity index (χ0) is 25.9. The molecule has 0 saturated heterocycles. The van der Waals surface area contributed by atoms with Crippen molar-refractivity contribution in [3.8, 4) is 5.75 Å². The Labute approximate surface area is 237 Å². The highest BCUT2D eigenvalue weighted by atomic mass is 35.5. The van der Waals surface area contributed by atoms with E-state index in [2.05, 4.69) is 90.3 Å². The van der Waals surface area contributed by atoms with Crippen LogP contribution in [0.5, 0.6) is 5.75 Å². The zero-order valence-electron chi connectivity index (χ0n) is 21.7. The lowest BCUT2D eigenvalue weighted by molar-refractivity contribution is -0.665. The van der Waals surface area contributed by atoms with Gasteiger partial charge in [0.25, 0.3) is 5.01 Å². The molecule has 0 atom stereocenters. The summed E-state index contributed by atoms with van der Waals surface area (Å²) in [5.41, 5.74) is 4.95. The van der Waals surface area contributed by atoms with Gasteiger partial charge in [-0.3, -0.25) is 0 Å². The van der Waals surface area contributed by atoms with E-state index in [-0.39, 0.29) is 0 Å². The number of allylic oxidation sites excluding steroid dienone is 6. The molecule has 0 unspecified atom stereocenters. The number of para-hydroxylation sites is 1. The lowest BCUT2D eigenvalue weighted by Gasteiger charge is -2.19. The van der Waals surface area contributed by atoms with Crippen LogP contribution in [0.25, 0.3) is 16.3 Å². The number of rotatable bonds is 7. The van der Waals surface area contributed by atoms with Gasteiger partial charge in [-0.1, -0.05) is 59.0 Å². The van der Waals surface area contributed by atoms with Crippen molar-refractivity contribution in [3.63, 3.8) is 0 Å². The Balaban J connectivity index is 1.42. The molecule has 1 aromatic heterocycles. The molecule has 192 valence electrons. The van der Waals surface area contributed by atoms with Crippen LogP contribution in [0.2, 0.25) is 0 Å². The Morgan fingerprint density at radius 1 is 1.14 bits per heavy atom. The van der Waals surface area contributed by atoms with E-state index >= 15 is 0 Å². The molecule has 3 aromatic rings. The predicted molar refractivity (Wildman–Crippen MR) is 163 cm³/mol. The van der Waals surface area contributed by atoms with E-state index < -0.39 is 0 Å². The number of benzene rings is 2. The number of thiazole rings is 1. The summed E-state index contributed by atoms with van der Waals surface area (Å²) in [7, 11) is 1.74. The molecule has 0 amide bonds. The van der Waals surface area contributed by atoms with E-state index in [0.717, 1.165) is 43.1 Å². The molecule has 2 aromatic carbocycles. The minimum Gasteiger partial charge on any atom is -0.496 e. The van der Waals surface area contributed by atoms with Gasteiger partial charge in [0, 0.05) is 34.7 Å². The molecule has 0 fully saturated rings. The van der Waals surface area contributed by atoms with Crippen molar-refractivity contribution in [2.45, 2.75) is 49.4 Å². The molecule has 7 heteroatoms. The third-order valence-electron chi connectivity index (χ3n) is 6.82. The highest BCUT2D eigenvalue weighted by Crippen LogP contribution is 2.50. The Bertz CT molecular complexity index is 1450. The van der Waals surface area contributed by atoms with Crippen molar-refractivity contribution >= 4 is 68.4 Å². The van der Waals surface area contributed by atoms with Gasteiger partial charge in [-0.2, -0.15) is 4.57 Å². The number of anilines is 1. The fourth-order valence-electron chi connectivity index (χ4n) is 4.93. The van der Waals surface area contributed by atoms with Crippen LogP contribution in [-0.2, 0) is 6.54 Å². The van der Waals surface area contributed by atoms with Gasteiger partial charge >= 0.3 is 0 Å². The molecule has 2 heterocycles. The van der Waals surface area contributed by atoms with Crippen molar-refractivity contribution in [1.82, 2.24) is 0 Å². The molecule has 0 spiro atoms. The van der Waals surface area contributed by atoms with Crippen molar-refractivity contribution < 1.29 is 9.30 Å². The Morgan fingerprint density at radius 3 is 2.73 bits per heavy atom. The highest BCUT2D eigenvalue weighted by molar-refractivity contribution is 8.03. The molecule has 1 aliphatic carbocycles. The highest BCUT2D eigenvalue weighted by Gasteiger charge is 2.26. The number of thioether (sulfide) groups is 2. The molecule has 0 radical (unpaired) electrons. The molecule has 1 aliphatic heterocycles. The average molecular weight is 568 g/mol. The predicted octanol–water partition coefficient (Wildman–Crippen LogP) is 9.03. The number of halogens is 1. The summed E-state index contributed by atoms with van der Waals surface area (Å²) in [5, 5.41) is 3.39. The number of hydrogen-bond acceptors (Lipinski definition) is 5. The fourth-order valence-corrected chi connectivity index (χ4v) is 8.18. The summed E-state index contributed by atoms with van der Waals surface area (Å²) < 4.78 is 9.33. The van der Waals surface area contributed by atoms with Crippen LogP contribution in [0, 0.1) is 0 Å². The van der Waals surface area contributed by atoms with Crippen molar-refractivity contribution in [3.05, 3.63) is 80.8 Å². The second-order valence-electron chi connectivity index (χ2n) is 8.90. The van der Waals surface area contributed by atoms with Crippen molar-refractivity contribution in [2.75, 3.05) is 24.8 Å². The molecule has 2 aliphatic rings. The van der Waals surface area contributed by atoms with Crippen LogP contribution in [0.3, 0.4) is 0 Å².